The van der Waals surface area contributed by atoms with Crippen LogP contribution < -0.4 is 15.8 Å². The molecule has 0 saturated carbocycles. The maximum Gasteiger partial charge on any atom is 0.237 e. The monoisotopic (exact) mass is 400 g/mol. The van der Waals surface area contributed by atoms with Crippen molar-refractivity contribution in [2.24, 2.45) is 5.73 Å². The van der Waals surface area contributed by atoms with Gasteiger partial charge in [0.1, 0.15) is 17.1 Å². The highest BCUT2D eigenvalue weighted by molar-refractivity contribution is 5.86. The van der Waals surface area contributed by atoms with Crippen LogP contribution in [-0.2, 0) is 17.8 Å². The molecule has 1 atom stereocenters. The van der Waals surface area contributed by atoms with Crippen molar-refractivity contribution < 1.29 is 9.53 Å². The minimum Gasteiger partial charge on any atom is -0.457 e. The highest BCUT2D eigenvalue weighted by Gasteiger charge is 2.14. The summed E-state index contributed by atoms with van der Waals surface area (Å²) in [5, 5.41) is 3.86. The maximum absolute atomic E-state index is 12.3. The van der Waals surface area contributed by atoms with Crippen LogP contribution in [0.3, 0.4) is 0 Å². The van der Waals surface area contributed by atoms with Gasteiger partial charge in [-0.1, -0.05) is 42.5 Å². The van der Waals surface area contributed by atoms with E-state index in [1.165, 1.54) is 0 Å². The fourth-order valence-electron chi connectivity index (χ4n) is 3.35. The van der Waals surface area contributed by atoms with E-state index in [0.29, 0.717) is 18.7 Å². The Balaban J connectivity index is 1.36. The molecule has 152 valence electrons. The largest absolute Gasteiger partial charge is 0.457 e. The van der Waals surface area contributed by atoms with Gasteiger partial charge in [0.15, 0.2) is 0 Å². The van der Waals surface area contributed by atoms with Gasteiger partial charge in [-0.25, -0.2) is 4.98 Å². The first-order valence-electron chi connectivity index (χ1n) is 9.87. The fraction of sp³-hybridized carbons (Fsp3) is 0.167. The number of ether oxygens (including phenoxy) is 1. The number of carbonyl (C=O) groups is 1. The number of hydrogen-bond acceptors (Lipinski definition) is 4. The summed E-state index contributed by atoms with van der Waals surface area (Å²) in [6.07, 6.45) is 4.09. The molecule has 0 aliphatic heterocycles. The van der Waals surface area contributed by atoms with Crippen LogP contribution in [0.4, 0.5) is 0 Å². The fourth-order valence-corrected chi connectivity index (χ4v) is 3.35. The van der Waals surface area contributed by atoms with Crippen LogP contribution in [0.15, 0.2) is 73.1 Å². The van der Waals surface area contributed by atoms with Gasteiger partial charge in [-0.2, -0.15) is 0 Å². The first-order chi connectivity index (χ1) is 14.6. The van der Waals surface area contributed by atoms with E-state index in [1.54, 1.807) is 6.20 Å². The zero-order chi connectivity index (χ0) is 20.9. The third kappa shape index (κ3) is 4.50. The number of benzene rings is 2. The number of rotatable bonds is 7. The Labute approximate surface area is 175 Å². The molecule has 30 heavy (non-hydrogen) atoms. The molecule has 0 aliphatic rings. The van der Waals surface area contributed by atoms with E-state index in [1.807, 2.05) is 73.8 Å². The van der Waals surface area contributed by atoms with Crippen LogP contribution in [0.2, 0.25) is 0 Å². The Morgan fingerprint density at radius 1 is 1.10 bits per heavy atom. The zero-order valence-corrected chi connectivity index (χ0v) is 16.8. The van der Waals surface area contributed by atoms with E-state index >= 15 is 0 Å². The molecular weight excluding hydrogens is 376 g/mol. The number of hydrogen-bond donors (Lipinski definition) is 3. The molecule has 1 amide bonds. The van der Waals surface area contributed by atoms with Crippen molar-refractivity contribution in [3.05, 3.63) is 89.7 Å². The molecule has 6 heteroatoms. The van der Waals surface area contributed by atoms with Gasteiger partial charge in [-0.3, -0.25) is 4.79 Å². The second-order valence-electron chi connectivity index (χ2n) is 7.26. The van der Waals surface area contributed by atoms with Crippen LogP contribution in [-0.4, -0.2) is 21.9 Å². The van der Waals surface area contributed by atoms with E-state index in [9.17, 15) is 4.79 Å². The Morgan fingerprint density at radius 3 is 2.63 bits per heavy atom. The third-order valence-corrected chi connectivity index (χ3v) is 4.99. The van der Waals surface area contributed by atoms with E-state index in [-0.39, 0.29) is 5.91 Å². The molecule has 4 aromatic rings. The number of nitrogens with two attached hydrogens (primary N) is 1. The highest BCUT2D eigenvalue weighted by atomic mass is 16.5. The predicted octanol–water partition coefficient (Wildman–Crippen LogP) is 3.85. The topological polar surface area (TPSA) is 93.0 Å². The molecule has 2 heterocycles. The Morgan fingerprint density at radius 2 is 1.87 bits per heavy atom. The number of carbonyl (C=O) groups excluding carboxylic acids is 1. The molecule has 0 fully saturated rings. The summed E-state index contributed by atoms with van der Waals surface area (Å²) < 4.78 is 6.06. The number of fused-ring (bicyclic) bond motifs is 1. The van der Waals surface area contributed by atoms with Crippen molar-refractivity contribution >= 4 is 16.9 Å². The van der Waals surface area contributed by atoms with Crippen molar-refractivity contribution in [3.8, 4) is 11.5 Å². The lowest BCUT2D eigenvalue weighted by atomic mass is 10.1. The van der Waals surface area contributed by atoms with Crippen molar-refractivity contribution in [3.63, 3.8) is 0 Å². The molecule has 0 saturated heterocycles. The van der Waals surface area contributed by atoms with Gasteiger partial charge >= 0.3 is 0 Å². The van der Waals surface area contributed by atoms with Gasteiger partial charge in [0.2, 0.25) is 5.91 Å². The molecule has 0 radical (unpaired) electrons. The van der Waals surface area contributed by atoms with Crippen LogP contribution in [0.5, 0.6) is 11.5 Å². The number of H-pyrrole nitrogens is 1. The summed E-state index contributed by atoms with van der Waals surface area (Å²) in [5.74, 6) is 1.30. The summed E-state index contributed by atoms with van der Waals surface area (Å²) in [4.78, 5) is 19.7. The molecule has 6 nitrogen and oxygen atoms in total. The van der Waals surface area contributed by atoms with Crippen molar-refractivity contribution in [1.29, 1.82) is 0 Å². The van der Waals surface area contributed by atoms with E-state index < -0.39 is 6.04 Å². The average molecular weight is 400 g/mol. The highest BCUT2D eigenvalue weighted by Crippen LogP contribution is 2.30. The minimum atomic E-state index is -0.609. The number of nitrogens with one attached hydrogen (secondary N) is 2. The number of aryl methyl sites for hydroxylation is 1. The number of aromatic nitrogens is 2. The lowest BCUT2D eigenvalue weighted by Gasteiger charge is -2.13. The number of aromatic amines is 1. The molecule has 0 unspecified atom stereocenters. The lowest BCUT2D eigenvalue weighted by molar-refractivity contribution is -0.122. The van der Waals surface area contributed by atoms with Crippen LogP contribution in [0, 0.1) is 6.92 Å². The van der Waals surface area contributed by atoms with E-state index in [4.69, 9.17) is 10.5 Å². The summed E-state index contributed by atoms with van der Waals surface area (Å²) >= 11 is 0. The second-order valence-corrected chi connectivity index (χ2v) is 7.26. The van der Waals surface area contributed by atoms with Crippen LogP contribution >= 0.6 is 0 Å². The Bertz CT molecular complexity index is 1140. The van der Waals surface area contributed by atoms with Crippen molar-refractivity contribution in [2.75, 3.05) is 0 Å². The van der Waals surface area contributed by atoms with Gasteiger partial charge in [-0.15, -0.1) is 0 Å². The normalized spacial score (nSPS) is 11.9. The van der Waals surface area contributed by atoms with Crippen LogP contribution in [0.25, 0.3) is 11.0 Å². The Hall–Kier alpha value is -3.64. The second kappa shape index (κ2) is 8.80. The Kier molecular flexibility index (Phi) is 5.77. The molecule has 0 aliphatic carbocycles. The predicted molar refractivity (Wildman–Crippen MR) is 117 cm³/mol. The zero-order valence-electron chi connectivity index (χ0n) is 16.8. The van der Waals surface area contributed by atoms with Gasteiger partial charge in [0.05, 0.1) is 11.4 Å². The molecule has 4 N–H and O–H groups in total. The van der Waals surface area contributed by atoms with Gasteiger partial charge < -0.3 is 20.8 Å². The van der Waals surface area contributed by atoms with Gasteiger partial charge in [-0.05, 0) is 48.2 Å². The summed E-state index contributed by atoms with van der Waals surface area (Å²) in [5.41, 5.74) is 9.99. The summed E-state index contributed by atoms with van der Waals surface area (Å²) in [7, 11) is 0. The van der Waals surface area contributed by atoms with E-state index in [0.717, 1.165) is 33.5 Å². The molecular formula is C24H24N4O2. The van der Waals surface area contributed by atoms with Crippen molar-refractivity contribution in [2.45, 2.75) is 25.9 Å². The third-order valence-electron chi connectivity index (χ3n) is 4.99. The quantitative estimate of drug-likeness (QED) is 0.439. The molecule has 2 aromatic heterocycles. The van der Waals surface area contributed by atoms with Gasteiger partial charge in [0, 0.05) is 18.9 Å². The first-order valence-corrected chi connectivity index (χ1v) is 9.87. The molecule has 2 aromatic carbocycles. The summed E-state index contributed by atoms with van der Waals surface area (Å²) in [6.45, 7) is 2.49. The van der Waals surface area contributed by atoms with Crippen LogP contribution in [0.1, 0.15) is 16.7 Å². The standard InChI is InChI=1S/C24H24N4O2/c1-16-14-27-23-22(16)21(11-12-26-23)30-19-9-7-17(8-10-19)13-20(25)24(29)28-15-18-5-3-2-4-6-18/h2-12,14,20H,13,15,25H2,1H3,(H,26,27)(H,28,29)/t20-/m0/s1. The number of pyridine rings is 1. The molecule has 0 bridgehead atoms. The number of nitrogens with zero attached hydrogens (tertiary/aromatic N) is 1. The smallest absolute Gasteiger partial charge is 0.237 e. The molecule has 0 spiro atoms. The SMILES string of the molecule is Cc1c[nH]c2nccc(Oc3ccc(C[C@H](N)C(=O)NCc4ccccc4)cc3)c12. The minimum absolute atomic E-state index is 0.165. The van der Waals surface area contributed by atoms with Crippen molar-refractivity contribution in [1.82, 2.24) is 15.3 Å². The number of amides is 1. The van der Waals surface area contributed by atoms with Gasteiger partial charge in [0.25, 0.3) is 0 Å². The average Bonchev–Trinajstić information content (AvgIpc) is 3.16. The lowest BCUT2D eigenvalue weighted by Crippen LogP contribution is -2.41. The maximum atomic E-state index is 12.3. The summed E-state index contributed by atoms with van der Waals surface area (Å²) in [6, 6.07) is 18.7. The molecule has 4 rings (SSSR count). The first kappa shape index (κ1) is 19.7. The van der Waals surface area contributed by atoms with E-state index in [2.05, 4.69) is 15.3 Å².